The summed E-state index contributed by atoms with van der Waals surface area (Å²) in [5.74, 6) is 0. The van der Waals surface area contributed by atoms with Crippen molar-refractivity contribution in [3.8, 4) is 22.3 Å². The Morgan fingerprint density at radius 2 is 0.933 bits per heavy atom. The van der Waals surface area contributed by atoms with E-state index in [2.05, 4.69) is 97.1 Å². The molecule has 136 valence electrons. The van der Waals surface area contributed by atoms with Crippen LogP contribution in [-0.4, -0.2) is 7.85 Å². The summed E-state index contributed by atoms with van der Waals surface area (Å²) < 4.78 is 0. The van der Waals surface area contributed by atoms with Crippen molar-refractivity contribution in [1.29, 1.82) is 0 Å². The van der Waals surface area contributed by atoms with Crippen molar-refractivity contribution in [3.63, 3.8) is 0 Å². The standard InChI is InChI=1S/C29H17B/c30-27-17-16-21-20-10-3-6-14-25(20)29(26-15-7-11-22(27)28(21)26)23-12-4-1-8-18(23)19-9-2-5-13-24(19)29/h1-17H. The first-order chi connectivity index (χ1) is 14.8. The molecule has 0 bridgehead atoms. The second-order valence-corrected chi connectivity index (χ2v) is 8.32. The third-order valence-corrected chi connectivity index (χ3v) is 7.05. The van der Waals surface area contributed by atoms with Gasteiger partial charge in [-0.15, -0.1) is 0 Å². The molecule has 0 saturated carbocycles. The molecule has 0 atom stereocenters. The Morgan fingerprint density at radius 3 is 1.53 bits per heavy atom. The summed E-state index contributed by atoms with van der Waals surface area (Å²) in [6.07, 6.45) is 0. The molecule has 5 aromatic carbocycles. The average Bonchev–Trinajstić information content (AvgIpc) is 3.10. The van der Waals surface area contributed by atoms with E-state index in [9.17, 15) is 0 Å². The quantitative estimate of drug-likeness (QED) is 0.286. The molecule has 0 unspecified atom stereocenters. The maximum atomic E-state index is 6.47. The molecule has 0 saturated heterocycles. The van der Waals surface area contributed by atoms with Crippen molar-refractivity contribution in [2.75, 3.05) is 0 Å². The first-order valence-electron chi connectivity index (χ1n) is 10.4. The lowest BCUT2D eigenvalue weighted by Crippen LogP contribution is -2.32. The zero-order chi connectivity index (χ0) is 19.9. The van der Waals surface area contributed by atoms with Crippen LogP contribution in [0.25, 0.3) is 33.0 Å². The predicted octanol–water partition coefficient (Wildman–Crippen LogP) is 5.98. The lowest BCUT2D eigenvalue weighted by atomic mass is 9.61. The van der Waals surface area contributed by atoms with Crippen molar-refractivity contribution >= 4 is 24.1 Å². The minimum Gasteiger partial charge on any atom is -0.0889 e. The van der Waals surface area contributed by atoms with Gasteiger partial charge in [-0.1, -0.05) is 109 Å². The SMILES string of the molecule is [B]c1ccc2c3c(cccc13)C1(c3ccccc3-c3ccccc31)c1ccccc1-2. The summed E-state index contributed by atoms with van der Waals surface area (Å²) in [5, 5.41) is 2.42. The van der Waals surface area contributed by atoms with Gasteiger partial charge >= 0.3 is 0 Å². The van der Waals surface area contributed by atoms with Crippen LogP contribution in [0.4, 0.5) is 0 Å². The minimum atomic E-state index is -0.329. The molecule has 2 aliphatic rings. The van der Waals surface area contributed by atoms with Gasteiger partial charge in [0.25, 0.3) is 0 Å². The Bertz CT molecular complexity index is 1460. The van der Waals surface area contributed by atoms with E-state index in [0.29, 0.717) is 0 Å². The molecule has 0 nitrogen and oxygen atoms in total. The number of hydrogen-bond donors (Lipinski definition) is 0. The largest absolute Gasteiger partial charge is 0.114 e. The monoisotopic (exact) mass is 376 g/mol. The predicted molar refractivity (Wildman–Crippen MR) is 126 cm³/mol. The Labute approximate surface area is 177 Å². The molecule has 2 aliphatic carbocycles. The van der Waals surface area contributed by atoms with Crippen LogP contribution in [0.3, 0.4) is 0 Å². The topological polar surface area (TPSA) is 0 Å². The smallest absolute Gasteiger partial charge is 0.0889 e. The molecular weight excluding hydrogens is 359 g/mol. The van der Waals surface area contributed by atoms with Crippen LogP contribution >= 0.6 is 0 Å². The second kappa shape index (κ2) is 5.52. The summed E-state index contributed by atoms with van der Waals surface area (Å²) in [7, 11) is 6.47. The fraction of sp³-hybridized carbons (Fsp3) is 0.0345. The molecule has 0 aliphatic heterocycles. The van der Waals surface area contributed by atoms with E-state index in [0.717, 1.165) is 10.8 Å². The first kappa shape index (κ1) is 16.2. The van der Waals surface area contributed by atoms with E-state index in [4.69, 9.17) is 7.85 Å². The minimum absolute atomic E-state index is 0.329. The Kier molecular flexibility index (Phi) is 2.99. The van der Waals surface area contributed by atoms with Gasteiger partial charge in [-0.2, -0.15) is 0 Å². The van der Waals surface area contributed by atoms with Crippen molar-refractivity contribution in [2.24, 2.45) is 0 Å². The molecule has 2 radical (unpaired) electrons. The van der Waals surface area contributed by atoms with Crippen molar-refractivity contribution in [1.82, 2.24) is 0 Å². The molecule has 0 N–H and O–H groups in total. The van der Waals surface area contributed by atoms with Crippen molar-refractivity contribution in [3.05, 3.63) is 125 Å². The molecule has 5 aromatic rings. The number of benzene rings is 5. The molecule has 0 amide bonds. The maximum absolute atomic E-state index is 6.47. The first-order valence-corrected chi connectivity index (χ1v) is 10.4. The fourth-order valence-electron chi connectivity index (χ4n) is 5.97. The van der Waals surface area contributed by atoms with Crippen LogP contribution in [-0.2, 0) is 5.41 Å². The van der Waals surface area contributed by atoms with Gasteiger partial charge in [0.2, 0.25) is 0 Å². The summed E-state index contributed by atoms with van der Waals surface area (Å²) in [4.78, 5) is 0. The van der Waals surface area contributed by atoms with E-state index in [1.807, 2.05) is 6.07 Å². The lowest BCUT2D eigenvalue weighted by Gasteiger charge is -2.40. The fourth-order valence-corrected chi connectivity index (χ4v) is 5.97. The molecular formula is C29H17B. The van der Waals surface area contributed by atoms with Gasteiger partial charge in [0.15, 0.2) is 0 Å². The molecule has 7 rings (SSSR count). The molecule has 1 heteroatoms. The normalized spacial score (nSPS) is 14.4. The summed E-state index contributed by atoms with van der Waals surface area (Å²) in [6, 6.07) is 37.6. The highest BCUT2D eigenvalue weighted by molar-refractivity contribution is 6.39. The summed E-state index contributed by atoms with van der Waals surface area (Å²) in [5.41, 5.74) is 11.1. The van der Waals surface area contributed by atoms with Gasteiger partial charge in [-0.25, -0.2) is 0 Å². The second-order valence-electron chi connectivity index (χ2n) is 8.32. The van der Waals surface area contributed by atoms with E-state index in [1.54, 1.807) is 0 Å². The van der Waals surface area contributed by atoms with Gasteiger partial charge < -0.3 is 0 Å². The highest BCUT2D eigenvalue weighted by atomic mass is 14.5. The zero-order valence-electron chi connectivity index (χ0n) is 16.4. The summed E-state index contributed by atoms with van der Waals surface area (Å²) in [6.45, 7) is 0. The Balaban J connectivity index is 1.80. The molecule has 1 spiro atoms. The van der Waals surface area contributed by atoms with Crippen LogP contribution in [0.5, 0.6) is 0 Å². The van der Waals surface area contributed by atoms with Crippen LogP contribution < -0.4 is 5.46 Å². The maximum Gasteiger partial charge on any atom is 0.114 e. The van der Waals surface area contributed by atoms with Crippen LogP contribution in [0, 0.1) is 0 Å². The number of fused-ring (bicyclic) bond motifs is 9. The number of hydrogen-bond acceptors (Lipinski definition) is 0. The lowest BCUT2D eigenvalue weighted by molar-refractivity contribution is 0.773. The summed E-state index contributed by atoms with van der Waals surface area (Å²) >= 11 is 0. The van der Waals surface area contributed by atoms with E-state index in [1.165, 1.54) is 49.9 Å². The molecule has 0 fully saturated rings. The van der Waals surface area contributed by atoms with E-state index >= 15 is 0 Å². The number of rotatable bonds is 0. The molecule has 30 heavy (non-hydrogen) atoms. The van der Waals surface area contributed by atoms with Gasteiger partial charge in [-0.3, -0.25) is 0 Å². The van der Waals surface area contributed by atoms with E-state index < -0.39 is 0 Å². The van der Waals surface area contributed by atoms with Crippen LogP contribution in [0.2, 0.25) is 0 Å². The third kappa shape index (κ3) is 1.71. The van der Waals surface area contributed by atoms with Crippen molar-refractivity contribution in [2.45, 2.75) is 5.41 Å². The van der Waals surface area contributed by atoms with Gasteiger partial charge in [0.05, 0.1) is 5.41 Å². The van der Waals surface area contributed by atoms with Crippen molar-refractivity contribution < 1.29 is 0 Å². The third-order valence-electron chi connectivity index (χ3n) is 7.05. The van der Waals surface area contributed by atoms with Crippen LogP contribution in [0.15, 0.2) is 103 Å². The molecule has 0 heterocycles. The highest BCUT2D eigenvalue weighted by Crippen LogP contribution is 2.61. The van der Waals surface area contributed by atoms with Crippen LogP contribution in [0.1, 0.15) is 22.3 Å². The Hall–Kier alpha value is -3.58. The van der Waals surface area contributed by atoms with E-state index in [-0.39, 0.29) is 5.41 Å². The van der Waals surface area contributed by atoms with Gasteiger partial charge in [0, 0.05) is 0 Å². The van der Waals surface area contributed by atoms with Gasteiger partial charge in [0.1, 0.15) is 7.85 Å². The Morgan fingerprint density at radius 1 is 0.433 bits per heavy atom. The average molecular weight is 376 g/mol. The molecule has 0 aromatic heterocycles. The highest BCUT2D eigenvalue weighted by Gasteiger charge is 2.49. The van der Waals surface area contributed by atoms with Gasteiger partial charge in [-0.05, 0) is 55.3 Å². The zero-order valence-corrected chi connectivity index (χ0v) is 16.4.